The van der Waals surface area contributed by atoms with E-state index in [2.05, 4.69) is 17.2 Å². The Morgan fingerprint density at radius 2 is 2.41 bits per heavy atom. The zero-order valence-electron chi connectivity index (χ0n) is 9.93. The maximum atomic E-state index is 11.5. The summed E-state index contributed by atoms with van der Waals surface area (Å²) in [5.74, 6) is -0.265. The number of methoxy groups -OCH3 is 1. The van der Waals surface area contributed by atoms with Gasteiger partial charge in [0.15, 0.2) is 5.13 Å². The Morgan fingerprint density at radius 3 is 3.00 bits per heavy atom. The summed E-state index contributed by atoms with van der Waals surface area (Å²) in [6.07, 6.45) is 3.84. The molecule has 0 aliphatic heterocycles. The van der Waals surface area contributed by atoms with Gasteiger partial charge in [0.1, 0.15) is 6.04 Å². The van der Waals surface area contributed by atoms with Crippen LogP contribution in [-0.2, 0) is 16.0 Å². The normalized spacial score (nSPS) is 11.7. The van der Waals surface area contributed by atoms with Gasteiger partial charge < -0.3 is 15.8 Å². The summed E-state index contributed by atoms with van der Waals surface area (Å²) in [5, 5.41) is 3.27. The Morgan fingerprint density at radius 1 is 1.71 bits per heavy atom. The molecule has 1 heterocycles. The molecule has 5 nitrogen and oxygen atoms in total. The summed E-state index contributed by atoms with van der Waals surface area (Å²) in [5.41, 5.74) is 5.58. The van der Waals surface area contributed by atoms with E-state index in [-0.39, 0.29) is 24.9 Å². The number of amides is 1. The summed E-state index contributed by atoms with van der Waals surface area (Å²) >= 11 is 1.48. The summed E-state index contributed by atoms with van der Waals surface area (Å²) in [7, 11) is 1.51. The molecule has 7 heteroatoms. The molecule has 0 aliphatic rings. The first-order chi connectivity index (χ1) is 7.67. The number of hydrogen-bond donors (Lipinski definition) is 2. The van der Waals surface area contributed by atoms with Gasteiger partial charge in [0.05, 0.1) is 6.61 Å². The second-order valence-corrected chi connectivity index (χ2v) is 4.55. The number of carbonyl (C=O) groups excluding carboxylic acids is 1. The fraction of sp³-hybridized carbons (Fsp3) is 0.600. The Kier molecular flexibility index (Phi) is 8.07. The highest BCUT2D eigenvalue weighted by Gasteiger charge is 2.14. The zero-order chi connectivity index (χ0) is 12.0. The molecule has 1 aromatic rings. The van der Waals surface area contributed by atoms with E-state index in [1.165, 1.54) is 18.4 Å². The number of rotatable bonds is 6. The van der Waals surface area contributed by atoms with Gasteiger partial charge >= 0.3 is 0 Å². The number of aryl methyl sites for hydroxylation is 1. The molecule has 17 heavy (non-hydrogen) atoms. The number of halogens is 1. The van der Waals surface area contributed by atoms with Crippen molar-refractivity contribution in [2.45, 2.75) is 25.8 Å². The van der Waals surface area contributed by atoms with Crippen molar-refractivity contribution >= 4 is 34.8 Å². The Labute approximate surface area is 111 Å². The van der Waals surface area contributed by atoms with Gasteiger partial charge in [-0.25, -0.2) is 4.98 Å². The van der Waals surface area contributed by atoms with Crippen LogP contribution in [0.1, 0.15) is 18.2 Å². The summed E-state index contributed by atoms with van der Waals surface area (Å²) in [6, 6.07) is -0.650. The lowest BCUT2D eigenvalue weighted by Gasteiger charge is -2.08. The Bertz CT molecular complexity index is 346. The minimum absolute atomic E-state index is 0. The summed E-state index contributed by atoms with van der Waals surface area (Å²) in [4.78, 5) is 16.8. The van der Waals surface area contributed by atoms with Crippen LogP contribution >= 0.6 is 23.7 Å². The number of anilines is 1. The van der Waals surface area contributed by atoms with E-state index in [9.17, 15) is 4.79 Å². The quantitative estimate of drug-likeness (QED) is 0.826. The topological polar surface area (TPSA) is 77.2 Å². The number of aromatic nitrogens is 1. The van der Waals surface area contributed by atoms with E-state index in [4.69, 9.17) is 10.5 Å². The third-order valence-electron chi connectivity index (χ3n) is 1.96. The van der Waals surface area contributed by atoms with Crippen molar-refractivity contribution in [1.29, 1.82) is 0 Å². The summed E-state index contributed by atoms with van der Waals surface area (Å²) < 4.78 is 4.80. The van der Waals surface area contributed by atoms with Crippen LogP contribution in [0.4, 0.5) is 5.13 Å². The zero-order valence-corrected chi connectivity index (χ0v) is 11.6. The molecule has 0 aliphatic carbocycles. The largest absolute Gasteiger partial charge is 0.383 e. The van der Waals surface area contributed by atoms with Gasteiger partial charge in [-0.2, -0.15) is 0 Å². The molecule has 1 unspecified atom stereocenters. The van der Waals surface area contributed by atoms with E-state index in [1.807, 2.05) is 0 Å². The first-order valence-electron chi connectivity index (χ1n) is 5.17. The lowest BCUT2D eigenvalue weighted by molar-refractivity contribution is -0.118. The van der Waals surface area contributed by atoms with Crippen LogP contribution in [-0.4, -0.2) is 30.6 Å². The molecule has 1 aromatic heterocycles. The highest BCUT2D eigenvalue weighted by Crippen LogP contribution is 2.19. The molecular formula is C10H18ClN3O2S. The molecule has 0 radical (unpaired) electrons. The van der Waals surface area contributed by atoms with Crippen LogP contribution in [0.2, 0.25) is 0 Å². The van der Waals surface area contributed by atoms with E-state index in [1.54, 1.807) is 6.20 Å². The van der Waals surface area contributed by atoms with Gasteiger partial charge in [-0.1, -0.05) is 13.3 Å². The van der Waals surface area contributed by atoms with Crippen LogP contribution in [0.15, 0.2) is 6.20 Å². The van der Waals surface area contributed by atoms with Crippen molar-refractivity contribution < 1.29 is 9.53 Å². The molecule has 3 N–H and O–H groups in total. The fourth-order valence-electron chi connectivity index (χ4n) is 1.18. The van der Waals surface area contributed by atoms with Crippen molar-refractivity contribution in [3.05, 3.63) is 11.1 Å². The van der Waals surface area contributed by atoms with Gasteiger partial charge in [0.25, 0.3) is 0 Å². The van der Waals surface area contributed by atoms with Gasteiger partial charge in [0, 0.05) is 18.2 Å². The van der Waals surface area contributed by atoms with Gasteiger partial charge in [-0.3, -0.25) is 4.79 Å². The van der Waals surface area contributed by atoms with Crippen molar-refractivity contribution in [3.8, 4) is 0 Å². The van der Waals surface area contributed by atoms with Crippen molar-refractivity contribution in [2.75, 3.05) is 19.0 Å². The SMILES string of the molecule is CCCc1cnc(NC(=O)C(N)COC)s1.Cl. The lowest BCUT2D eigenvalue weighted by atomic mass is 10.3. The monoisotopic (exact) mass is 279 g/mol. The predicted octanol–water partition coefficient (Wildman–Crippen LogP) is 1.43. The molecule has 98 valence electrons. The van der Waals surface area contributed by atoms with Gasteiger partial charge in [0.2, 0.25) is 5.91 Å². The highest BCUT2D eigenvalue weighted by molar-refractivity contribution is 7.15. The van der Waals surface area contributed by atoms with Crippen LogP contribution in [0.25, 0.3) is 0 Å². The number of carbonyl (C=O) groups is 1. The molecule has 1 amide bonds. The highest BCUT2D eigenvalue weighted by atomic mass is 35.5. The van der Waals surface area contributed by atoms with Crippen LogP contribution < -0.4 is 11.1 Å². The van der Waals surface area contributed by atoms with E-state index < -0.39 is 6.04 Å². The van der Waals surface area contributed by atoms with Crippen molar-refractivity contribution in [3.63, 3.8) is 0 Å². The van der Waals surface area contributed by atoms with Crippen LogP contribution in [0.3, 0.4) is 0 Å². The molecule has 0 fully saturated rings. The first kappa shape index (κ1) is 16.3. The molecule has 0 bridgehead atoms. The molecule has 1 atom stereocenters. The second kappa shape index (κ2) is 8.41. The number of nitrogens with two attached hydrogens (primary N) is 1. The standard InChI is InChI=1S/C10H17N3O2S.ClH/c1-3-4-7-5-12-10(16-7)13-9(14)8(11)6-15-2;/h5,8H,3-4,6,11H2,1-2H3,(H,12,13,14);1H. The number of nitrogens with zero attached hydrogens (tertiary/aromatic N) is 1. The van der Waals surface area contributed by atoms with Crippen molar-refractivity contribution in [2.24, 2.45) is 5.73 Å². The molecule has 0 spiro atoms. The number of hydrogen-bond acceptors (Lipinski definition) is 5. The van der Waals surface area contributed by atoms with Crippen LogP contribution in [0.5, 0.6) is 0 Å². The maximum Gasteiger partial charge on any atom is 0.245 e. The summed E-state index contributed by atoms with van der Waals surface area (Å²) in [6.45, 7) is 2.31. The Balaban J connectivity index is 0.00000256. The minimum atomic E-state index is -0.650. The molecule has 0 aromatic carbocycles. The number of ether oxygens (including phenoxy) is 1. The lowest BCUT2D eigenvalue weighted by Crippen LogP contribution is -2.39. The van der Waals surface area contributed by atoms with Gasteiger partial charge in [-0.15, -0.1) is 23.7 Å². The van der Waals surface area contributed by atoms with E-state index in [0.717, 1.165) is 17.7 Å². The fourth-order valence-corrected chi connectivity index (χ4v) is 2.10. The molecule has 0 saturated carbocycles. The first-order valence-corrected chi connectivity index (χ1v) is 5.99. The third kappa shape index (κ3) is 5.45. The van der Waals surface area contributed by atoms with E-state index >= 15 is 0 Å². The third-order valence-corrected chi connectivity index (χ3v) is 2.94. The number of thiazole rings is 1. The second-order valence-electron chi connectivity index (χ2n) is 3.43. The van der Waals surface area contributed by atoms with Gasteiger partial charge in [-0.05, 0) is 6.42 Å². The van der Waals surface area contributed by atoms with Crippen LogP contribution in [0, 0.1) is 0 Å². The van der Waals surface area contributed by atoms with E-state index in [0.29, 0.717) is 5.13 Å². The molecular weight excluding hydrogens is 262 g/mol. The average Bonchev–Trinajstić information content (AvgIpc) is 2.66. The predicted molar refractivity (Wildman–Crippen MR) is 71.8 cm³/mol. The smallest absolute Gasteiger partial charge is 0.245 e. The maximum absolute atomic E-state index is 11.5. The molecule has 1 rings (SSSR count). The average molecular weight is 280 g/mol. The number of nitrogens with one attached hydrogen (secondary N) is 1. The van der Waals surface area contributed by atoms with Crippen molar-refractivity contribution in [1.82, 2.24) is 4.98 Å². The molecule has 0 saturated heterocycles. The Hall–Kier alpha value is -0.690. The minimum Gasteiger partial charge on any atom is -0.383 e.